The molecular weight excluding hydrogens is 326 g/mol. The van der Waals surface area contributed by atoms with Gasteiger partial charge in [-0.15, -0.1) is 0 Å². The maximum atomic E-state index is 12.8. The van der Waals surface area contributed by atoms with Crippen LogP contribution in [0.2, 0.25) is 0 Å². The number of hydrogen-bond acceptors (Lipinski definition) is 2. The normalized spacial score (nSPS) is 14.7. The van der Waals surface area contributed by atoms with Crippen molar-refractivity contribution in [2.45, 2.75) is 13.8 Å². The third kappa shape index (κ3) is 2.73. The summed E-state index contributed by atoms with van der Waals surface area (Å²) in [5, 5.41) is 4.61. The SMILES string of the molecule is Cc1ccc2c(c1)=C/C(=C\c1c(C)[nH]n(-c3ccccc3)c1=O)C(=O)N=2. The minimum absolute atomic E-state index is 0.197. The standard InChI is InChI=1S/C21H17N3O2/c1-13-8-9-19-15(10-13)11-16(20(25)22-19)12-18-14(2)23-24(21(18)26)17-6-4-3-5-7-17/h3-12,23H,1-2H3/b16-12+. The zero-order valence-electron chi connectivity index (χ0n) is 14.5. The van der Waals surface area contributed by atoms with Gasteiger partial charge in [0.05, 0.1) is 16.6 Å². The van der Waals surface area contributed by atoms with Crippen LogP contribution in [-0.4, -0.2) is 15.7 Å². The van der Waals surface area contributed by atoms with Crippen molar-refractivity contribution in [3.63, 3.8) is 0 Å². The number of carbonyl (C=O) groups is 1. The number of amides is 1. The molecule has 0 saturated carbocycles. The van der Waals surface area contributed by atoms with E-state index in [0.29, 0.717) is 22.2 Å². The Labute approximate surface area is 149 Å². The molecule has 1 aliphatic rings. The minimum Gasteiger partial charge on any atom is -0.295 e. The average Bonchev–Trinajstić information content (AvgIpc) is 2.91. The Morgan fingerprint density at radius 3 is 2.58 bits per heavy atom. The second-order valence-electron chi connectivity index (χ2n) is 6.35. The highest BCUT2D eigenvalue weighted by molar-refractivity contribution is 6.07. The monoisotopic (exact) mass is 343 g/mol. The Kier molecular flexibility index (Phi) is 3.77. The molecule has 128 valence electrons. The smallest absolute Gasteiger partial charge is 0.278 e. The summed E-state index contributed by atoms with van der Waals surface area (Å²) in [7, 11) is 0. The number of para-hydroxylation sites is 1. The van der Waals surface area contributed by atoms with E-state index in [0.717, 1.165) is 16.5 Å². The van der Waals surface area contributed by atoms with Gasteiger partial charge in [-0.25, -0.2) is 9.67 Å². The van der Waals surface area contributed by atoms with Crippen molar-refractivity contribution in [2.75, 3.05) is 0 Å². The van der Waals surface area contributed by atoms with Crippen molar-refractivity contribution in [3.8, 4) is 5.69 Å². The van der Waals surface area contributed by atoms with Gasteiger partial charge in [-0.1, -0.05) is 29.8 Å². The Balaban J connectivity index is 1.86. The van der Waals surface area contributed by atoms with Gasteiger partial charge in [0.25, 0.3) is 11.5 Å². The van der Waals surface area contributed by atoms with Crippen LogP contribution in [0.4, 0.5) is 0 Å². The fourth-order valence-corrected chi connectivity index (χ4v) is 3.04. The lowest BCUT2D eigenvalue weighted by Gasteiger charge is -2.03. The van der Waals surface area contributed by atoms with Crippen molar-refractivity contribution in [2.24, 2.45) is 4.99 Å². The number of fused-ring (bicyclic) bond motifs is 1. The molecule has 2 heterocycles. The second-order valence-corrected chi connectivity index (χ2v) is 6.35. The molecule has 0 fully saturated rings. The van der Waals surface area contributed by atoms with E-state index in [9.17, 15) is 9.59 Å². The fraction of sp³-hybridized carbons (Fsp3) is 0.0952. The van der Waals surface area contributed by atoms with Crippen LogP contribution < -0.4 is 16.1 Å². The summed E-state index contributed by atoms with van der Waals surface area (Å²) < 4.78 is 1.48. The van der Waals surface area contributed by atoms with Gasteiger partial charge in [0, 0.05) is 16.5 Å². The van der Waals surface area contributed by atoms with Crippen molar-refractivity contribution >= 4 is 18.1 Å². The van der Waals surface area contributed by atoms with Crippen LogP contribution in [-0.2, 0) is 4.79 Å². The van der Waals surface area contributed by atoms with Gasteiger partial charge in [0.1, 0.15) is 0 Å². The van der Waals surface area contributed by atoms with E-state index in [-0.39, 0.29) is 11.5 Å². The first-order chi connectivity index (χ1) is 12.5. The summed E-state index contributed by atoms with van der Waals surface area (Å²) in [6, 6.07) is 15.1. The number of carbonyl (C=O) groups excluding carboxylic acids is 1. The minimum atomic E-state index is -0.340. The fourth-order valence-electron chi connectivity index (χ4n) is 3.04. The molecule has 0 saturated heterocycles. The number of nitrogens with one attached hydrogen (secondary N) is 1. The predicted molar refractivity (Wildman–Crippen MR) is 101 cm³/mol. The maximum Gasteiger partial charge on any atom is 0.278 e. The molecule has 3 aromatic rings. The molecule has 1 N–H and O–H groups in total. The number of hydrogen-bond donors (Lipinski definition) is 1. The van der Waals surface area contributed by atoms with E-state index in [1.807, 2.05) is 62.4 Å². The molecule has 1 aliphatic heterocycles. The molecule has 2 aromatic carbocycles. The molecule has 0 atom stereocenters. The Morgan fingerprint density at radius 1 is 1.04 bits per heavy atom. The van der Waals surface area contributed by atoms with E-state index >= 15 is 0 Å². The molecule has 26 heavy (non-hydrogen) atoms. The number of aromatic amines is 1. The van der Waals surface area contributed by atoms with Crippen LogP contribution >= 0.6 is 0 Å². The van der Waals surface area contributed by atoms with Gasteiger partial charge in [0.2, 0.25) is 0 Å². The summed E-state index contributed by atoms with van der Waals surface area (Å²) in [5.74, 6) is -0.340. The molecule has 5 nitrogen and oxygen atoms in total. The third-order valence-corrected chi connectivity index (χ3v) is 4.39. The van der Waals surface area contributed by atoms with Crippen molar-refractivity contribution in [1.82, 2.24) is 9.78 Å². The van der Waals surface area contributed by atoms with Gasteiger partial charge in [0.15, 0.2) is 0 Å². The number of benzene rings is 2. The van der Waals surface area contributed by atoms with E-state index in [1.54, 1.807) is 12.2 Å². The summed E-state index contributed by atoms with van der Waals surface area (Å²) in [4.78, 5) is 29.3. The van der Waals surface area contributed by atoms with Crippen molar-refractivity contribution < 1.29 is 4.79 Å². The lowest BCUT2D eigenvalue weighted by Crippen LogP contribution is -2.30. The summed E-state index contributed by atoms with van der Waals surface area (Å²) in [5.41, 5.74) is 3.20. The molecule has 4 rings (SSSR count). The molecule has 0 aliphatic carbocycles. The third-order valence-electron chi connectivity index (χ3n) is 4.39. The zero-order chi connectivity index (χ0) is 18.3. The molecular formula is C21H17N3O2. The largest absolute Gasteiger partial charge is 0.295 e. The molecule has 0 unspecified atom stereocenters. The first-order valence-electron chi connectivity index (χ1n) is 8.33. The highest BCUT2D eigenvalue weighted by Gasteiger charge is 2.15. The Morgan fingerprint density at radius 2 is 1.81 bits per heavy atom. The first-order valence-corrected chi connectivity index (χ1v) is 8.33. The molecule has 5 heteroatoms. The molecule has 0 bridgehead atoms. The molecule has 0 radical (unpaired) electrons. The Hall–Kier alpha value is -3.47. The van der Waals surface area contributed by atoms with Crippen LogP contribution in [0.1, 0.15) is 16.8 Å². The summed E-state index contributed by atoms with van der Waals surface area (Å²) in [6.45, 7) is 3.80. The molecule has 1 aromatic heterocycles. The molecule has 0 spiro atoms. The summed E-state index contributed by atoms with van der Waals surface area (Å²) >= 11 is 0. The second kappa shape index (κ2) is 6.11. The zero-order valence-corrected chi connectivity index (χ0v) is 14.5. The van der Waals surface area contributed by atoms with Gasteiger partial charge >= 0.3 is 0 Å². The van der Waals surface area contributed by atoms with E-state index < -0.39 is 0 Å². The lowest BCUT2D eigenvalue weighted by molar-refractivity contribution is -0.114. The van der Waals surface area contributed by atoms with Crippen LogP contribution in [0.15, 0.2) is 63.9 Å². The van der Waals surface area contributed by atoms with Crippen LogP contribution in [0.5, 0.6) is 0 Å². The molecule has 1 amide bonds. The number of H-pyrrole nitrogens is 1. The van der Waals surface area contributed by atoms with Crippen molar-refractivity contribution in [3.05, 3.63) is 91.9 Å². The van der Waals surface area contributed by atoms with E-state index in [4.69, 9.17) is 0 Å². The quantitative estimate of drug-likeness (QED) is 0.721. The summed E-state index contributed by atoms with van der Waals surface area (Å²) in [6.07, 6.45) is 3.40. The Bertz CT molecular complexity index is 1230. The number of rotatable bonds is 2. The maximum absolute atomic E-state index is 12.8. The number of nitrogens with zero attached hydrogens (tertiary/aromatic N) is 2. The average molecular weight is 343 g/mol. The van der Waals surface area contributed by atoms with Crippen LogP contribution in [0, 0.1) is 13.8 Å². The van der Waals surface area contributed by atoms with Crippen LogP contribution in [0.3, 0.4) is 0 Å². The van der Waals surface area contributed by atoms with E-state index in [2.05, 4.69) is 10.1 Å². The number of aromatic nitrogens is 2. The highest BCUT2D eigenvalue weighted by atomic mass is 16.1. The van der Waals surface area contributed by atoms with Gasteiger partial charge in [-0.05, 0) is 50.3 Å². The van der Waals surface area contributed by atoms with Gasteiger partial charge in [-0.2, -0.15) is 0 Å². The highest BCUT2D eigenvalue weighted by Crippen LogP contribution is 2.13. The number of aryl methyl sites for hydroxylation is 2. The van der Waals surface area contributed by atoms with Crippen LogP contribution in [0.25, 0.3) is 17.8 Å². The lowest BCUT2D eigenvalue weighted by atomic mass is 10.1. The van der Waals surface area contributed by atoms with Gasteiger partial charge in [-0.3, -0.25) is 14.7 Å². The topological polar surface area (TPSA) is 67.2 Å². The first kappa shape index (κ1) is 16.0. The van der Waals surface area contributed by atoms with Gasteiger partial charge < -0.3 is 0 Å². The van der Waals surface area contributed by atoms with E-state index in [1.165, 1.54) is 4.68 Å². The predicted octanol–water partition coefficient (Wildman–Crippen LogP) is 1.81. The van der Waals surface area contributed by atoms with Crippen molar-refractivity contribution in [1.29, 1.82) is 0 Å².